The van der Waals surface area contributed by atoms with Crippen molar-refractivity contribution in [2.24, 2.45) is 5.73 Å². The molecule has 13 heavy (non-hydrogen) atoms. The van der Waals surface area contributed by atoms with Crippen LogP contribution in [-0.4, -0.2) is 0 Å². The Morgan fingerprint density at radius 1 is 0.923 bits per heavy atom. The lowest BCUT2D eigenvalue weighted by molar-refractivity contribution is 1.47. The van der Waals surface area contributed by atoms with E-state index in [4.69, 9.17) is 5.73 Å². The van der Waals surface area contributed by atoms with Gasteiger partial charge in [0.25, 0.3) is 0 Å². The molecule has 0 fully saturated rings. The minimum Gasteiger partial charge on any atom is -0.398 e. The lowest BCUT2D eigenvalue weighted by Gasteiger charge is -1.96. The zero-order chi connectivity index (χ0) is 8.84. The summed E-state index contributed by atoms with van der Waals surface area (Å²) in [5, 5.41) is 2.46. The Morgan fingerprint density at radius 2 is 1.85 bits per heavy atom. The van der Waals surface area contributed by atoms with E-state index >= 15 is 0 Å². The van der Waals surface area contributed by atoms with Gasteiger partial charge in [0.1, 0.15) is 0 Å². The highest BCUT2D eigenvalue weighted by molar-refractivity contribution is 5.77. The first-order valence-electron chi connectivity index (χ1n) is 4.35. The monoisotopic (exact) mass is 167 g/mol. The standard InChI is InChI=1S/C12H9N/c13-12-5-4-10-6-8-2-1-3-9(8)7-11(10)12/h1-7H,13H2. The van der Waals surface area contributed by atoms with Crippen LogP contribution in [0.5, 0.6) is 0 Å². The van der Waals surface area contributed by atoms with Gasteiger partial charge in [0, 0.05) is 10.9 Å². The summed E-state index contributed by atoms with van der Waals surface area (Å²) in [5.41, 5.74) is 9.21. The van der Waals surface area contributed by atoms with E-state index < -0.39 is 0 Å². The molecule has 3 rings (SSSR count). The Hall–Kier alpha value is -1.76. The van der Waals surface area contributed by atoms with Crippen LogP contribution in [0, 0.1) is 0 Å². The molecular weight excluding hydrogens is 158 g/mol. The third kappa shape index (κ3) is 0.813. The maximum Gasteiger partial charge on any atom is 0.0394 e. The molecule has 1 aromatic carbocycles. The SMILES string of the molecule is NC1=c2cc3c(cc2C=C1)=CC=C3. The molecule has 0 saturated carbocycles. The van der Waals surface area contributed by atoms with Crippen molar-refractivity contribution in [3.63, 3.8) is 0 Å². The summed E-state index contributed by atoms with van der Waals surface area (Å²) in [6.07, 6.45) is 10.3. The molecule has 0 aromatic heterocycles. The molecule has 0 spiro atoms. The van der Waals surface area contributed by atoms with Gasteiger partial charge in [0.15, 0.2) is 0 Å². The fraction of sp³-hybridized carbons (Fsp3) is 0. The third-order valence-corrected chi connectivity index (χ3v) is 2.56. The number of benzene rings is 1. The van der Waals surface area contributed by atoms with Crippen LogP contribution in [0.3, 0.4) is 0 Å². The van der Waals surface area contributed by atoms with E-state index in [1.165, 1.54) is 21.6 Å². The summed E-state index contributed by atoms with van der Waals surface area (Å²) in [7, 11) is 0. The molecule has 0 atom stereocenters. The molecule has 2 N–H and O–H groups in total. The summed E-state index contributed by atoms with van der Waals surface area (Å²) in [4.78, 5) is 0. The van der Waals surface area contributed by atoms with Gasteiger partial charge < -0.3 is 5.73 Å². The highest BCUT2D eigenvalue weighted by atomic mass is 14.6. The molecule has 0 bridgehead atoms. The number of rotatable bonds is 0. The van der Waals surface area contributed by atoms with Gasteiger partial charge in [-0.2, -0.15) is 0 Å². The van der Waals surface area contributed by atoms with Gasteiger partial charge in [-0.3, -0.25) is 0 Å². The van der Waals surface area contributed by atoms with Crippen molar-refractivity contribution in [1.82, 2.24) is 0 Å². The van der Waals surface area contributed by atoms with Gasteiger partial charge in [-0.05, 0) is 34.6 Å². The molecule has 62 valence electrons. The topological polar surface area (TPSA) is 26.0 Å². The molecule has 0 radical (unpaired) electrons. The van der Waals surface area contributed by atoms with E-state index in [1.807, 2.05) is 6.08 Å². The predicted molar refractivity (Wildman–Crippen MR) is 55.8 cm³/mol. The Balaban J connectivity index is 2.50. The van der Waals surface area contributed by atoms with Crippen molar-refractivity contribution < 1.29 is 0 Å². The van der Waals surface area contributed by atoms with Crippen molar-refractivity contribution in [2.75, 3.05) is 0 Å². The van der Waals surface area contributed by atoms with Gasteiger partial charge >= 0.3 is 0 Å². The zero-order valence-electron chi connectivity index (χ0n) is 7.12. The molecule has 0 amide bonds. The van der Waals surface area contributed by atoms with Crippen molar-refractivity contribution in [2.45, 2.75) is 0 Å². The van der Waals surface area contributed by atoms with Crippen LogP contribution in [-0.2, 0) is 0 Å². The van der Waals surface area contributed by atoms with Crippen LogP contribution in [0.4, 0.5) is 0 Å². The van der Waals surface area contributed by atoms with Crippen LogP contribution < -0.4 is 16.2 Å². The van der Waals surface area contributed by atoms with Gasteiger partial charge in [0.05, 0.1) is 0 Å². The van der Waals surface area contributed by atoms with Gasteiger partial charge in [0.2, 0.25) is 0 Å². The maximum absolute atomic E-state index is 5.84. The van der Waals surface area contributed by atoms with E-state index in [-0.39, 0.29) is 0 Å². The second-order valence-electron chi connectivity index (χ2n) is 3.38. The summed E-state index contributed by atoms with van der Waals surface area (Å²) in [6.45, 7) is 0. The van der Waals surface area contributed by atoms with Gasteiger partial charge in [-0.15, -0.1) is 0 Å². The summed E-state index contributed by atoms with van der Waals surface area (Å²) in [6, 6.07) is 4.33. The minimum atomic E-state index is 0.873. The highest BCUT2D eigenvalue weighted by Gasteiger charge is 2.05. The van der Waals surface area contributed by atoms with Crippen molar-refractivity contribution >= 4 is 23.9 Å². The summed E-state index contributed by atoms with van der Waals surface area (Å²) in [5.74, 6) is 0. The first kappa shape index (κ1) is 6.72. The molecule has 2 aliphatic carbocycles. The Morgan fingerprint density at radius 3 is 2.77 bits per heavy atom. The average molecular weight is 167 g/mol. The van der Waals surface area contributed by atoms with Crippen LogP contribution in [0.2, 0.25) is 0 Å². The Bertz CT molecular complexity index is 560. The lowest BCUT2D eigenvalue weighted by atomic mass is 10.1. The number of allylic oxidation sites excluding steroid dienone is 1. The normalized spacial score (nSPS) is 15.8. The quantitative estimate of drug-likeness (QED) is 0.601. The second-order valence-corrected chi connectivity index (χ2v) is 3.38. The number of fused-ring (bicyclic) bond motifs is 2. The predicted octanol–water partition coefficient (Wildman–Crippen LogP) is 0.588. The number of nitrogens with two attached hydrogens (primary N) is 1. The fourth-order valence-electron chi connectivity index (χ4n) is 1.85. The largest absolute Gasteiger partial charge is 0.398 e. The van der Waals surface area contributed by atoms with Crippen LogP contribution in [0.15, 0.2) is 24.3 Å². The number of hydrogen-bond donors (Lipinski definition) is 1. The van der Waals surface area contributed by atoms with E-state index in [9.17, 15) is 0 Å². The molecular formula is C12H9N. The highest BCUT2D eigenvalue weighted by Crippen LogP contribution is 2.08. The lowest BCUT2D eigenvalue weighted by Crippen LogP contribution is -2.16. The fourth-order valence-corrected chi connectivity index (χ4v) is 1.85. The minimum absolute atomic E-state index is 0.873. The average Bonchev–Trinajstić information content (AvgIpc) is 2.70. The molecule has 1 nitrogen and oxygen atoms in total. The van der Waals surface area contributed by atoms with Crippen molar-refractivity contribution in [3.8, 4) is 0 Å². The zero-order valence-corrected chi connectivity index (χ0v) is 7.12. The molecule has 1 aromatic rings. The van der Waals surface area contributed by atoms with Crippen LogP contribution in [0.1, 0.15) is 11.1 Å². The van der Waals surface area contributed by atoms with Crippen LogP contribution >= 0.6 is 0 Å². The number of hydrogen-bond acceptors (Lipinski definition) is 1. The molecule has 2 aliphatic rings. The van der Waals surface area contributed by atoms with Crippen molar-refractivity contribution in [3.05, 3.63) is 45.8 Å². The van der Waals surface area contributed by atoms with E-state index in [0.29, 0.717) is 0 Å². The molecule has 0 aliphatic heterocycles. The summed E-state index contributed by atoms with van der Waals surface area (Å²) >= 11 is 0. The summed E-state index contributed by atoms with van der Waals surface area (Å²) < 4.78 is 0. The van der Waals surface area contributed by atoms with E-state index in [0.717, 1.165) is 5.70 Å². The molecule has 0 heterocycles. The maximum atomic E-state index is 5.84. The van der Waals surface area contributed by atoms with E-state index in [1.54, 1.807) is 0 Å². The van der Waals surface area contributed by atoms with E-state index in [2.05, 4.69) is 36.4 Å². The van der Waals surface area contributed by atoms with Gasteiger partial charge in [-0.25, -0.2) is 0 Å². The first-order chi connectivity index (χ1) is 6.34. The third-order valence-electron chi connectivity index (χ3n) is 2.56. The first-order valence-corrected chi connectivity index (χ1v) is 4.35. The smallest absolute Gasteiger partial charge is 0.0394 e. The Kier molecular flexibility index (Phi) is 1.10. The molecule has 0 unspecified atom stereocenters. The molecule has 0 saturated heterocycles. The van der Waals surface area contributed by atoms with Crippen molar-refractivity contribution in [1.29, 1.82) is 0 Å². The van der Waals surface area contributed by atoms with Gasteiger partial charge in [-0.1, -0.05) is 24.3 Å². The second kappa shape index (κ2) is 2.13. The molecule has 1 heteroatoms. The Labute approximate surface area is 76.2 Å². The van der Waals surface area contributed by atoms with Crippen LogP contribution in [0.25, 0.3) is 23.9 Å².